The van der Waals surface area contributed by atoms with E-state index in [0.29, 0.717) is 0 Å². The van der Waals surface area contributed by atoms with Crippen molar-refractivity contribution in [3.05, 3.63) is 24.0 Å². The summed E-state index contributed by atoms with van der Waals surface area (Å²) in [6, 6.07) is 6.44. The van der Waals surface area contributed by atoms with Gasteiger partial charge in [0.1, 0.15) is 5.82 Å². The van der Waals surface area contributed by atoms with Gasteiger partial charge in [-0.15, -0.1) is 0 Å². The zero-order valence-electron chi connectivity index (χ0n) is 9.33. The molecule has 80 valence electrons. The monoisotopic (exact) mass is 221 g/mol. The first-order chi connectivity index (χ1) is 7.19. The number of H-pyrrole nitrogens is 1. The van der Waals surface area contributed by atoms with Crippen LogP contribution >= 0.6 is 8.58 Å². The Kier molecular flexibility index (Phi) is 3.03. The van der Waals surface area contributed by atoms with Crippen LogP contribution in [0.4, 0.5) is 0 Å². The first-order valence-corrected chi connectivity index (χ1v) is 6.50. The molecule has 4 heteroatoms. The van der Waals surface area contributed by atoms with Gasteiger partial charge in [-0.2, -0.15) is 0 Å². The summed E-state index contributed by atoms with van der Waals surface area (Å²) >= 11 is 0. The molecule has 0 saturated heterocycles. The first-order valence-electron chi connectivity index (χ1n) is 5.00. The minimum Gasteiger partial charge on any atom is -0.341 e. The minimum atomic E-state index is 0.840. The molecule has 3 nitrogen and oxygen atoms in total. The molecule has 2 rings (SSSR count). The second-order valence-corrected chi connectivity index (χ2v) is 4.98. The summed E-state index contributed by atoms with van der Waals surface area (Å²) in [4.78, 5) is 10.00. The fourth-order valence-electron chi connectivity index (χ4n) is 1.59. The highest BCUT2D eigenvalue weighted by molar-refractivity contribution is 7.46. The van der Waals surface area contributed by atoms with Crippen LogP contribution in [-0.2, 0) is 6.54 Å². The summed E-state index contributed by atoms with van der Waals surface area (Å²) in [5.41, 5.74) is 2.22. The number of imidazole rings is 1. The van der Waals surface area contributed by atoms with E-state index in [1.807, 2.05) is 14.1 Å². The Hall–Kier alpha value is -0.920. The maximum atomic E-state index is 4.53. The van der Waals surface area contributed by atoms with Crippen molar-refractivity contribution in [2.45, 2.75) is 6.54 Å². The van der Waals surface area contributed by atoms with Gasteiger partial charge in [-0.1, -0.05) is 14.6 Å². The second-order valence-electron chi connectivity index (χ2n) is 3.90. The highest BCUT2D eigenvalue weighted by Crippen LogP contribution is 2.13. The van der Waals surface area contributed by atoms with Gasteiger partial charge >= 0.3 is 0 Å². The lowest BCUT2D eigenvalue weighted by atomic mass is 10.3. The second kappa shape index (κ2) is 4.30. The average molecular weight is 221 g/mol. The molecule has 0 radical (unpaired) electrons. The van der Waals surface area contributed by atoms with Gasteiger partial charge in [-0.3, -0.25) is 0 Å². The predicted octanol–water partition coefficient (Wildman–Crippen LogP) is 1.56. The first kappa shape index (κ1) is 10.6. The van der Waals surface area contributed by atoms with Crippen LogP contribution in [0.3, 0.4) is 0 Å². The number of fused-ring (bicyclic) bond motifs is 1. The Morgan fingerprint density at radius 3 is 2.87 bits per heavy atom. The van der Waals surface area contributed by atoms with Crippen molar-refractivity contribution < 1.29 is 0 Å². The topological polar surface area (TPSA) is 31.9 Å². The summed E-state index contributed by atoms with van der Waals surface area (Å²) < 4.78 is 0. The smallest absolute Gasteiger partial charge is 0.121 e. The summed E-state index contributed by atoms with van der Waals surface area (Å²) in [5.74, 6) is 1.03. The van der Waals surface area contributed by atoms with Crippen LogP contribution in [0.2, 0.25) is 0 Å². The van der Waals surface area contributed by atoms with Gasteiger partial charge in [0.2, 0.25) is 0 Å². The molecule has 1 aromatic carbocycles. The van der Waals surface area contributed by atoms with E-state index in [-0.39, 0.29) is 0 Å². The maximum absolute atomic E-state index is 4.53. The molecular formula is C11H16N3P. The quantitative estimate of drug-likeness (QED) is 0.798. The van der Waals surface area contributed by atoms with E-state index in [4.69, 9.17) is 0 Å². The highest BCUT2D eigenvalue weighted by atomic mass is 31.1. The van der Waals surface area contributed by atoms with Gasteiger partial charge in [0.25, 0.3) is 0 Å². The molecule has 0 amide bonds. The van der Waals surface area contributed by atoms with E-state index in [0.717, 1.165) is 32.0 Å². The van der Waals surface area contributed by atoms with Crippen LogP contribution < -0.4 is 5.30 Å². The standard InChI is InChI=1S/C11H16N3P/c1-14(2)7-11-12-9-5-4-8(15-3)6-10(9)13-11/h4-6,15H,7H2,1-3H3,(H,12,13). The molecule has 0 bridgehead atoms. The number of hydrogen-bond donors (Lipinski definition) is 1. The van der Waals surface area contributed by atoms with Gasteiger partial charge < -0.3 is 9.88 Å². The number of benzene rings is 1. The predicted molar refractivity (Wildman–Crippen MR) is 67.4 cm³/mol. The summed E-state index contributed by atoms with van der Waals surface area (Å²) in [5, 5.41) is 1.38. The third-order valence-electron chi connectivity index (χ3n) is 2.29. The fourth-order valence-corrected chi connectivity index (χ4v) is 2.13. The number of hydrogen-bond acceptors (Lipinski definition) is 2. The van der Waals surface area contributed by atoms with Crippen molar-refractivity contribution in [2.75, 3.05) is 20.8 Å². The lowest BCUT2D eigenvalue weighted by molar-refractivity contribution is 0.392. The van der Waals surface area contributed by atoms with E-state index >= 15 is 0 Å². The summed E-state index contributed by atoms with van der Waals surface area (Å²) in [6.45, 7) is 3.05. The molecule has 1 heterocycles. The number of aromatic nitrogens is 2. The highest BCUT2D eigenvalue weighted by Gasteiger charge is 2.03. The molecule has 0 aliphatic carbocycles. The Morgan fingerprint density at radius 1 is 1.40 bits per heavy atom. The van der Waals surface area contributed by atoms with Crippen molar-refractivity contribution in [3.63, 3.8) is 0 Å². The molecule has 2 aromatic rings. The molecule has 0 fully saturated rings. The molecule has 1 aromatic heterocycles. The van der Waals surface area contributed by atoms with Crippen LogP contribution in [0, 0.1) is 0 Å². The molecule has 0 spiro atoms. The van der Waals surface area contributed by atoms with Gasteiger partial charge in [-0.05, 0) is 38.2 Å². The lowest BCUT2D eigenvalue weighted by Gasteiger charge is -2.04. The minimum absolute atomic E-state index is 0.840. The summed E-state index contributed by atoms with van der Waals surface area (Å²) in [6.07, 6.45) is 0. The molecule has 1 unspecified atom stereocenters. The SMILES string of the molecule is CPc1ccc2nc(CN(C)C)[nH]c2c1. The molecule has 0 aliphatic rings. The van der Waals surface area contributed by atoms with E-state index in [1.165, 1.54) is 5.30 Å². The number of nitrogens with one attached hydrogen (secondary N) is 1. The Morgan fingerprint density at radius 2 is 2.20 bits per heavy atom. The van der Waals surface area contributed by atoms with Crippen molar-refractivity contribution in [3.8, 4) is 0 Å². The molecule has 1 N–H and O–H groups in total. The Labute approximate surface area is 91.7 Å². The summed E-state index contributed by atoms with van der Waals surface area (Å²) in [7, 11) is 4.94. The van der Waals surface area contributed by atoms with Crippen LogP contribution in [0.1, 0.15) is 5.82 Å². The largest absolute Gasteiger partial charge is 0.341 e. The molecule has 15 heavy (non-hydrogen) atoms. The zero-order valence-corrected chi connectivity index (χ0v) is 10.3. The number of rotatable bonds is 3. The lowest BCUT2D eigenvalue weighted by Crippen LogP contribution is -2.11. The van der Waals surface area contributed by atoms with Crippen LogP contribution in [0.5, 0.6) is 0 Å². The van der Waals surface area contributed by atoms with Crippen molar-refractivity contribution in [1.29, 1.82) is 0 Å². The fraction of sp³-hybridized carbons (Fsp3) is 0.364. The molecule has 1 atom stereocenters. The number of nitrogens with zero attached hydrogens (tertiary/aromatic N) is 2. The average Bonchev–Trinajstić information content (AvgIpc) is 2.57. The molecular weight excluding hydrogens is 205 g/mol. The third kappa shape index (κ3) is 2.36. The van der Waals surface area contributed by atoms with Gasteiger partial charge in [0.05, 0.1) is 17.6 Å². The van der Waals surface area contributed by atoms with Crippen molar-refractivity contribution >= 4 is 24.9 Å². The van der Waals surface area contributed by atoms with Crippen LogP contribution in [-0.4, -0.2) is 35.6 Å². The van der Waals surface area contributed by atoms with Gasteiger partial charge in [-0.25, -0.2) is 4.98 Å². The van der Waals surface area contributed by atoms with Crippen LogP contribution in [0.15, 0.2) is 18.2 Å². The normalized spacial score (nSPS) is 12.3. The van der Waals surface area contributed by atoms with Crippen molar-refractivity contribution in [2.24, 2.45) is 0 Å². The van der Waals surface area contributed by atoms with E-state index in [2.05, 4.69) is 39.7 Å². The van der Waals surface area contributed by atoms with Gasteiger partial charge in [0.15, 0.2) is 0 Å². The maximum Gasteiger partial charge on any atom is 0.121 e. The zero-order chi connectivity index (χ0) is 10.8. The Bertz CT molecular complexity index is 462. The Balaban J connectivity index is 2.37. The molecule has 0 saturated carbocycles. The van der Waals surface area contributed by atoms with Gasteiger partial charge in [0, 0.05) is 0 Å². The van der Waals surface area contributed by atoms with Crippen LogP contribution in [0.25, 0.3) is 11.0 Å². The molecule has 0 aliphatic heterocycles. The van der Waals surface area contributed by atoms with E-state index < -0.39 is 0 Å². The number of aromatic amines is 1. The van der Waals surface area contributed by atoms with E-state index in [9.17, 15) is 0 Å². The van der Waals surface area contributed by atoms with E-state index in [1.54, 1.807) is 0 Å². The van der Waals surface area contributed by atoms with Crippen molar-refractivity contribution in [1.82, 2.24) is 14.9 Å². The third-order valence-corrected chi connectivity index (χ3v) is 3.17.